The molecular formula is C18H17N3O2. The van der Waals surface area contributed by atoms with Crippen LogP contribution in [-0.4, -0.2) is 35.0 Å². The molecule has 116 valence electrons. The van der Waals surface area contributed by atoms with E-state index in [9.17, 15) is 4.79 Å². The lowest BCUT2D eigenvalue weighted by molar-refractivity contribution is 0.0771. The summed E-state index contributed by atoms with van der Waals surface area (Å²) in [5, 5.41) is 8.81. The van der Waals surface area contributed by atoms with Crippen LogP contribution in [-0.2, 0) is 0 Å². The molecule has 5 nitrogen and oxygen atoms in total. The topological polar surface area (TPSA) is 66.2 Å². The monoisotopic (exact) mass is 307 g/mol. The Morgan fingerprint density at radius 2 is 2.09 bits per heavy atom. The molecular weight excluding hydrogens is 290 g/mol. The second kappa shape index (κ2) is 6.49. The van der Waals surface area contributed by atoms with Gasteiger partial charge in [0.25, 0.3) is 5.91 Å². The molecule has 1 aliphatic rings. The maximum absolute atomic E-state index is 12.5. The second-order valence-corrected chi connectivity index (χ2v) is 5.59. The molecule has 2 heterocycles. The summed E-state index contributed by atoms with van der Waals surface area (Å²) in [6.07, 6.45) is 0.754. The number of carbonyl (C=O) groups is 1. The average molecular weight is 307 g/mol. The van der Waals surface area contributed by atoms with Crippen LogP contribution in [0.3, 0.4) is 0 Å². The number of likely N-dealkylation sites (tertiary alicyclic amines) is 1. The van der Waals surface area contributed by atoms with Gasteiger partial charge < -0.3 is 9.64 Å². The Morgan fingerprint density at radius 3 is 2.78 bits per heavy atom. The molecule has 1 unspecified atom stereocenters. The molecule has 1 fully saturated rings. The predicted octanol–water partition coefficient (Wildman–Crippen LogP) is 2.56. The van der Waals surface area contributed by atoms with Gasteiger partial charge in [0.15, 0.2) is 0 Å². The second-order valence-electron chi connectivity index (χ2n) is 5.59. The van der Waals surface area contributed by atoms with Crippen molar-refractivity contribution in [2.45, 2.75) is 19.4 Å². The van der Waals surface area contributed by atoms with Gasteiger partial charge in [-0.25, -0.2) is 4.98 Å². The number of pyridine rings is 1. The molecule has 0 spiro atoms. The van der Waals surface area contributed by atoms with Crippen molar-refractivity contribution in [1.29, 1.82) is 5.26 Å². The summed E-state index contributed by atoms with van der Waals surface area (Å²) in [5.41, 5.74) is 2.05. The highest BCUT2D eigenvalue weighted by Crippen LogP contribution is 2.19. The van der Waals surface area contributed by atoms with Crippen LogP contribution in [0.25, 0.3) is 0 Å². The predicted molar refractivity (Wildman–Crippen MR) is 85.1 cm³/mol. The Morgan fingerprint density at radius 1 is 1.30 bits per heavy atom. The quantitative estimate of drug-likeness (QED) is 0.874. The van der Waals surface area contributed by atoms with E-state index >= 15 is 0 Å². The van der Waals surface area contributed by atoms with E-state index < -0.39 is 0 Å². The maximum Gasteiger partial charge on any atom is 0.253 e. The normalized spacial score (nSPS) is 16.9. The third-order valence-electron chi connectivity index (χ3n) is 3.84. The van der Waals surface area contributed by atoms with Gasteiger partial charge in [0.2, 0.25) is 5.88 Å². The zero-order valence-electron chi connectivity index (χ0n) is 12.9. The number of nitriles is 1. The molecule has 1 amide bonds. The minimum atomic E-state index is -0.0355. The Balaban J connectivity index is 1.62. The number of carbonyl (C=O) groups excluding carboxylic acids is 1. The van der Waals surface area contributed by atoms with Gasteiger partial charge in [0.1, 0.15) is 6.10 Å². The van der Waals surface area contributed by atoms with Crippen LogP contribution in [0.5, 0.6) is 5.88 Å². The molecule has 0 saturated carbocycles. The molecule has 0 radical (unpaired) electrons. The molecule has 1 atom stereocenters. The number of amides is 1. The molecule has 0 N–H and O–H groups in total. The van der Waals surface area contributed by atoms with E-state index in [-0.39, 0.29) is 12.0 Å². The van der Waals surface area contributed by atoms with Gasteiger partial charge in [-0.3, -0.25) is 4.79 Å². The van der Waals surface area contributed by atoms with Gasteiger partial charge >= 0.3 is 0 Å². The molecule has 2 aromatic rings. The van der Waals surface area contributed by atoms with E-state index in [1.165, 1.54) is 0 Å². The first-order valence-electron chi connectivity index (χ1n) is 7.55. The van der Waals surface area contributed by atoms with E-state index in [2.05, 4.69) is 4.98 Å². The summed E-state index contributed by atoms with van der Waals surface area (Å²) in [6.45, 7) is 3.13. The molecule has 1 aromatic heterocycles. The van der Waals surface area contributed by atoms with Gasteiger partial charge in [-0.2, -0.15) is 5.26 Å². The van der Waals surface area contributed by atoms with Crippen molar-refractivity contribution in [3.05, 3.63) is 59.3 Å². The summed E-state index contributed by atoms with van der Waals surface area (Å²) in [6, 6.07) is 14.4. The standard InChI is InChI=1S/C18H17N3O2/c1-13-3-2-4-17(20-13)23-16-9-10-21(12-16)18(22)15-7-5-14(11-19)6-8-15/h2-8,16H,9-10,12H2,1H3. The summed E-state index contributed by atoms with van der Waals surface area (Å²) < 4.78 is 5.86. The summed E-state index contributed by atoms with van der Waals surface area (Å²) in [5.74, 6) is 0.570. The number of aryl methyl sites for hydroxylation is 1. The van der Waals surface area contributed by atoms with Gasteiger partial charge in [0, 0.05) is 30.3 Å². The summed E-state index contributed by atoms with van der Waals surface area (Å²) in [4.78, 5) is 18.6. The Kier molecular flexibility index (Phi) is 4.24. The lowest BCUT2D eigenvalue weighted by Crippen LogP contribution is -2.31. The molecule has 1 saturated heterocycles. The zero-order chi connectivity index (χ0) is 16.2. The third kappa shape index (κ3) is 3.49. The van der Waals surface area contributed by atoms with Gasteiger partial charge in [0.05, 0.1) is 18.2 Å². The number of hydrogen-bond donors (Lipinski definition) is 0. The molecule has 5 heteroatoms. The Hall–Kier alpha value is -2.87. The largest absolute Gasteiger partial charge is 0.472 e. The highest BCUT2D eigenvalue weighted by molar-refractivity contribution is 5.94. The molecule has 0 aliphatic carbocycles. The molecule has 0 bridgehead atoms. The Bertz CT molecular complexity index is 750. The first-order chi connectivity index (χ1) is 11.2. The average Bonchev–Trinajstić information content (AvgIpc) is 3.03. The van der Waals surface area contributed by atoms with E-state index in [1.54, 1.807) is 29.2 Å². The minimum absolute atomic E-state index is 0.0298. The van der Waals surface area contributed by atoms with Crippen LogP contribution in [0.15, 0.2) is 42.5 Å². The SMILES string of the molecule is Cc1cccc(OC2CCN(C(=O)c3ccc(C#N)cc3)C2)n1. The van der Waals surface area contributed by atoms with Crippen molar-refractivity contribution in [3.8, 4) is 11.9 Å². The van der Waals surface area contributed by atoms with E-state index in [1.807, 2.05) is 31.2 Å². The van der Waals surface area contributed by atoms with E-state index in [0.717, 1.165) is 12.1 Å². The highest BCUT2D eigenvalue weighted by atomic mass is 16.5. The van der Waals surface area contributed by atoms with Crippen molar-refractivity contribution < 1.29 is 9.53 Å². The number of rotatable bonds is 3. The van der Waals surface area contributed by atoms with Gasteiger partial charge in [-0.15, -0.1) is 0 Å². The van der Waals surface area contributed by atoms with E-state index in [4.69, 9.17) is 10.00 Å². The molecule has 23 heavy (non-hydrogen) atoms. The fraction of sp³-hybridized carbons (Fsp3) is 0.278. The fourth-order valence-electron chi connectivity index (χ4n) is 2.63. The van der Waals surface area contributed by atoms with Crippen LogP contribution >= 0.6 is 0 Å². The van der Waals surface area contributed by atoms with Crippen molar-refractivity contribution in [3.63, 3.8) is 0 Å². The number of nitrogens with zero attached hydrogens (tertiary/aromatic N) is 3. The smallest absolute Gasteiger partial charge is 0.253 e. The van der Waals surface area contributed by atoms with Crippen LogP contribution < -0.4 is 4.74 Å². The number of ether oxygens (including phenoxy) is 1. The van der Waals surface area contributed by atoms with Crippen molar-refractivity contribution in [2.24, 2.45) is 0 Å². The molecule has 3 rings (SSSR count). The van der Waals surface area contributed by atoms with Crippen LogP contribution in [0.2, 0.25) is 0 Å². The lowest BCUT2D eigenvalue weighted by Gasteiger charge is -2.17. The third-order valence-corrected chi connectivity index (χ3v) is 3.84. The van der Waals surface area contributed by atoms with Crippen molar-refractivity contribution >= 4 is 5.91 Å². The molecule has 1 aliphatic heterocycles. The first kappa shape index (κ1) is 15.0. The highest BCUT2D eigenvalue weighted by Gasteiger charge is 2.28. The first-order valence-corrected chi connectivity index (χ1v) is 7.55. The van der Waals surface area contributed by atoms with Crippen LogP contribution in [0, 0.1) is 18.3 Å². The lowest BCUT2D eigenvalue weighted by atomic mass is 10.1. The van der Waals surface area contributed by atoms with Crippen molar-refractivity contribution in [1.82, 2.24) is 9.88 Å². The summed E-state index contributed by atoms with van der Waals surface area (Å²) in [7, 11) is 0. The van der Waals surface area contributed by atoms with Gasteiger partial charge in [-0.05, 0) is 37.3 Å². The summed E-state index contributed by atoms with van der Waals surface area (Å²) >= 11 is 0. The van der Waals surface area contributed by atoms with Gasteiger partial charge in [-0.1, -0.05) is 6.07 Å². The molecule has 1 aromatic carbocycles. The van der Waals surface area contributed by atoms with E-state index in [0.29, 0.717) is 30.1 Å². The fourth-order valence-corrected chi connectivity index (χ4v) is 2.63. The van der Waals surface area contributed by atoms with Crippen molar-refractivity contribution in [2.75, 3.05) is 13.1 Å². The minimum Gasteiger partial charge on any atom is -0.472 e. The number of benzene rings is 1. The number of aromatic nitrogens is 1. The number of hydrogen-bond acceptors (Lipinski definition) is 4. The maximum atomic E-state index is 12.5. The zero-order valence-corrected chi connectivity index (χ0v) is 12.9. The van der Waals surface area contributed by atoms with Crippen LogP contribution in [0.4, 0.5) is 0 Å². The van der Waals surface area contributed by atoms with Crippen LogP contribution in [0.1, 0.15) is 28.0 Å². The Labute approximate surface area is 135 Å².